The van der Waals surface area contributed by atoms with Gasteiger partial charge in [-0.25, -0.2) is 0 Å². The molecule has 0 rings (SSSR count). The van der Waals surface area contributed by atoms with Crippen molar-refractivity contribution in [2.24, 2.45) is 11.8 Å². The predicted octanol–water partition coefficient (Wildman–Crippen LogP) is 3.62. The van der Waals surface area contributed by atoms with Gasteiger partial charge in [0.1, 0.15) is 0 Å². The molecule has 0 aliphatic rings. The van der Waals surface area contributed by atoms with Gasteiger partial charge in [-0.05, 0) is 18.3 Å². The quantitative estimate of drug-likeness (QED) is 0.655. The zero-order chi connectivity index (χ0) is 12.6. The summed E-state index contributed by atoms with van der Waals surface area (Å²) >= 11 is 0. The number of methoxy groups -OCH3 is 1. The number of aliphatic hydroxyl groups excluding tert-OH is 1. The smallest absolute Gasteiger partial charge is 0.0853 e. The van der Waals surface area contributed by atoms with E-state index in [1.165, 1.54) is 19.3 Å². The van der Waals surface area contributed by atoms with Crippen LogP contribution < -0.4 is 0 Å². The number of hydrogen-bond donors (Lipinski definition) is 1. The van der Waals surface area contributed by atoms with Gasteiger partial charge in [0.2, 0.25) is 0 Å². The summed E-state index contributed by atoms with van der Waals surface area (Å²) in [5, 5.41) is 10.2. The highest BCUT2D eigenvalue weighted by molar-refractivity contribution is 4.75. The van der Waals surface area contributed by atoms with Crippen LogP contribution in [0.25, 0.3) is 0 Å². The van der Waals surface area contributed by atoms with Gasteiger partial charge >= 0.3 is 0 Å². The number of unbranched alkanes of at least 4 members (excludes halogenated alkanes) is 1. The largest absolute Gasteiger partial charge is 0.390 e. The van der Waals surface area contributed by atoms with Gasteiger partial charge in [0.15, 0.2) is 0 Å². The van der Waals surface area contributed by atoms with Crippen molar-refractivity contribution in [2.45, 2.75) is 72.0 Å². The van der Waals surface area contributed by atoms with E-state index in [1.807, 2.05) is 0 Å². The molecule has 0 aliphatic heterocycles. The Morgan fingerprint density at radius 2 is 1.81 bits per heavy atom. The number of ether oxygens (including phenoxy) is 1. The van der Waals surface area contributed by atoms with Crippen LogP contribution in [0.2, 0.25) is 0 Å². The van der Waals surface area contributed by atoms with Crippen LogP contribution in [-0.2, 0) is 4.74 Å². The van der Waals surface area contributed by atoms with Crippen LogP contribution in [-0.4, -0.2) is 24.4 Å². The van der Waals surface area contributed by atoms with E-state index in [-0.39, 0.29) is 12.2 Å². The van der Waals surface area contributed by atoms with Gasteiger partial charge in [-0.3, -0.25) is 0 Å². The lowest BCUT2D eigenvalue weighted by molar-refractivity contribution is -0.0477. The lowest BCUT2D eigenvalue weighted by Gasteiger charge is -2.28. The lowest BCUT2D eigenvalue weighted by atomic mass is 9.88. The van der Waals surface area contributed by atoms with Gasteiger partial charge in [0.05, 0.1) is 12.2 Å². The van der Waals surface area contributed by atoms with Crippen LogP contribution >= 0.6 is 0 Å². The average molecular weight is 230 g/mol. The molecule has 16 heavy (non-hydrogen) atoms. The monoisotopic (exact) mass is 230 g/mol. The van der Waals surface area contributed by atoms with Gasteiger partial charge in [-0.15, -0.1) is 0 Å². The van der Waals surface area contributed by atoms with Gasteiger partial charge < -0.3 is 9.84 Å². The minimum atomic E-state index is -0.313. The van der Waals surface area contributed by atoms with Crippen LogP contribution in [0, 0.1) is 11.8 Å². The summed E-state index contributed by atoms with van der Waals surface area (Å²) in [6.07, 6.45) is 5.45. The number of hydrogen-bond acceptors (Lipinski definition) is 2. The molecule has 0 amide bonds. The summed E-state index contributed by atoms with van der Waals surface area (Å²) in [7, 11) is 1.70. The summed E-state index contributed by atoms with van der Waals surface area (Å²) in [5.41, 5.74) is 0. The van der Waals surface area contributed by atoms with E-state index in [0.717, 1.165) is 12.8 Å². The van der Waals surface area contributed by atoms with E-state index < -0.39 is 0 Å². The molecule has 0 bridgehead atoms. The molecule has 1 N–H and O–H groups in total. The Hall–Kier alpha value is -0.0800. The molecular weight excluding hydrogens is 200 g/mol. The number of aliphatic hydroxyl groups is 1. The van der Waals surface area contributed by atoms with E-state index in [0.29, 0.717) is 11.8 Å². The summed E-state index contributed by atoms with van der Waals surface area (Å²) < 4.78 is 5.37. The van der Waals surface area contributed by atoms with Crippen molar-refractivity contribution in [3.63, 3.8) is 0 Å². The van der Waals surface area contributed by atoms with Gasteiger partial charge in [-0.2, -0.15) is 0 Å². The summed E-state index contributed by atoms with van der Waals surface area (Å²) in [5.74, 6) is 1.02. The minimum Gasteiger partial charge on any atom is -0.390 e. The highest BCUT2D eigenvalue weighted by Gasteiger charge is 2.24. The molecule has 3 unspecified atom stereocenters. The van der Waals surface area contributed by atoms with Crippen LogP contribution in [0.5, 0.6) is 0 Å². The predicted molar refractivity (Wildman–Crippen MR) is 69.6 cm³/mol. The molecule has 0 spiro atoms. The SMILES string of the molecule is CCCCC(CC)CC(O)C(OC)C(C)C. The first-order valence-electron chi connectivity index (χ1n) is 6.77. The average Bonchev–Trinajstić information content (AvgIpc) is 2.24. The molecule has 0 radical (unpaired) electrons. The first-order chi connectivity index (χ1) is 7.56. The van der Waals surface area contributed by atoms with Crippen LogP contribution in [0.15, 0.2) is 0 Å². The fraction of sp³-hybridized carbons (Fsp3) is 1.00. The lowest BCUT2D eigenvalue weighted by Crippen LogP contribution is -2.34. The Morgan fingerprint density at radius 3 is 2.19 bits per heavy atom. The minimum absolute atomic E-state index is 0.0179. The third kappa shape index (κ3) is 5.86. The van der Waals surface area contributed by atoms with Crippen LogP contribution in [0.1, 0.15) is 59.8 Å². The second-order valence-electron chi connectivity index (χ2n) is 5.16. The molecule has 0 saturated heterocycles. The van der Waals surface area contributed by atoms with E-state index in [2.05, 4.69) is 27.7 Å². The molecule has 98 valence electrons. The second kappa shape index (κ2) is 9.00. The Balaban J connectivity index is 4.10. The van der Waals surface area contributed by atoms with Crippen molar-refractivity contribution in [2.75, 3.05) is 7.11 Å². The van der Waals surface area contributed by atoms with E-state index in [4.69, 9.17) is 4.74 Å². The van der Waals surface area contributed by atoms with Gasteiger partial charge in [-0.1, -0.05) is 53.4 Å². The van der Waals surface area contributed by atoms with Crippen molar-refractivity contribution in [1.29, 1.82) is 0 Å². The Morgan fingerprint density at radius 1 is 1.19 bits per heavy atom. The summed E-state index contributed by atoms with van der Waals surface area (Å²) in [6.45, 7) is 8.63. The molecule has 0 heterocycles. The van der Waals surface area contributed by atoms with Crippen molar-refractivity contribution >= 4 is 0 Å². The molecule has 0 aromatic rings. The Labute approximate surface area is 101 Å². The van der Waals surface area contributed by atoms with Crippen molar-refractivity contribution < 1.29 is 9.84 Å². The zero-order valence-corrected chi connectivity index (χ0v) is 11.7. The molecule has 2 heteroatoms. The Bertz CT molecular complexity index is 157. The first kappa shape index (κ1) is 15.9. The third-order valence-corrected chi connectivity index (χ3v) is 3.43. The fourth-order valence-electron chi connectivity index (χ4n) is 2.33. The zero-order valence-electron chi connectivity index (χ0n) is 11.7. The third-order valence-electron chi connectivity index (χ3n) is 3.43. The maximum absolute atomic E-state index is 10.2. The number of rotatable bonds is 9. The van der Waals surface area contributed by atoms with Crippen LogP contribution in [0.4, 0.5) is 0 Å². The van der Waals surface area contributed by atoms with E-state index in [1.54, 1.807) is 7.11 Å². The van der Waals surface area contributed by atoms with Crippen molar-refractivity contribution in [1.82, 2.24) is 0 Å². The summed E-state index contributed by atoms with van der Waals surface area (Å²) in [4.78, 5) is 0. The fourth-order valence-corrected chi connectivity index (χ4v) is 2.33. The van der Waals surface area contributed by atoms with E-state index in [9.17, 15) is 5.11 Å². The molecular formula is C14H30O2. The molecule has 2 nitrogen and oxygen atoms in total. The highest BCUT2D eigenvalue weighted by atomic mass is 16.5. The second-order valence-corrected chi connectivity index (χ2v) is 5.16. The van der Waals surface area contributed by atoms with Crippen molar-refractivity contribution in [3.05, 3.63) is 0 Å². The van der Waals surface area contributed by atoms with Gasteiger partial charge in [0.25, 0.3) is 0 Å². The molecule has 0 aliphatic carbocycles. The standard InChI is InChI=1S/C14H30O2/c1-6-8-9-12(7-2)10-13(15)14(16-5)11(3)4/h11-15H,6-10H2,1-5H3. The van der Waals surface area contributed by atoms with Crippen LogP contribution in [0.3, 0.4) is 0 Å². The molecule has 0 aromatic carbocycles. The maximum atomic E-state index is 10.2. The first-order valence-corrected chi connectivity index (χ1v) is 6.77. The molecule has 0 fully saturated rings. The summed E-state index contributed by atoms with van der Waals surface area (Å²) in [6, 6.07) is 0. The Kier molecular flexibility index (Phi) is 8.96. The van der Waals surface area contributed by atoms with E-state index >= 15 is 0 Å². The highest BCUT2D eigenvalue weighted by Crippen LogP contribution is 2.22. The maximum Gasteiger partial charge on any atom is 0.0853 e. The van der Waals surface area contributed by atoms with Gasteiger partial charge in [0, 0.05) is 7.11 Å². The van der Waals surface area contributed by atoms with Crippen molar-refractivity contribution in [3.8, 4) is 0 Å². The molecule has 3 atom stereocenters. The molecule has 0 aromatic heterocycles. The topological polar surface area (TPSA) is 29.5 Å². The molecule has 0 saturated carbocycles. The normalized spacial score (nSPS) is 17.4.